The fraction of sp³-hybridized carbons (Fsp3) is 0.562. The summed E-state index contributed by atoms with van der Waals surface area (Å²) < 4.78 is 1.92. The molecule has 1 aliphatic carbocycles. The van der Waals surface area contributed by atoms with Crippen molar-refractivity contribution < 1.29 is 4.79 Å². The molecule has 112 valence electrons. The van der Waals surface area contributed by atoms with Crippen molar-refractivity contribution in [3.63, 3.8) is 0 Å². The second-order valence-corrected chi connectivity index (χ2v) is 5.97. The van der Waals surface area contributed by atoms with E-state index >= 15 is 0 Å². The molecule has 5 nitrogen and oxygen atoms in total. The molecule has 1 atom stereocenters. The number of hydrogen-bond acceptors (Lipinski definition) is 3. The Morgan fingerprint density at radius 2 is 2.19 bits per heavy atom. The zero-order valence-corrected chi connectivity index (χ0v) is 12.5. The minimum absolute atomic E-state index is 0.113. The lowest BCUT2D eigenvalue weighted by atomic mass is 10.0. The molecule has 0 bridgehead atoms. The molecule has 1 N–H and O–H groups in total. The van der Waals surface area contributed by atoms with Gasteiger partial charge in [-0.3, -0.25) is 9.20 Å². The Labute approximate surface area is 124 Å². The highest BCUT2D eigenvalue weighted by Crippen LogP contribution is 2.28. The highest BCUT2D eigenvalue weighted by molar-refractivity contribution is 5.76. The number of amides is 1. The van der Waals surface area contributed by atoms with Crippen LogP contribution in [-0.2, 0) is 4.79 Å². The molecule has 3 rings (SSSR count). The molecule has 0 aromatic carbocycles. The molecule has 2 heterocycles. The highest BCUT2D eigenvalue weighted by Gasteiger charge is 2.18. The second kappa shape index (κ2) is 6.24. The number of fused-ring (bicyclic) bond motifs is 1. The number of pyridine rings is 1. The van der Waals surface area contributed by atoms with Crippen molar-refractivity contribution in [3.8, 4) is 0 Å². The Morgan fingerprint density at radius 1 is 1.38 bits per heavy atom. The summed E-state index contributed by atoms with van der Waals surface area (Å²) >= 11 is 0. The van der Waals surface area contributed by atoms with Gasteiger partial charge in [-0.2, -0.15) is 0 Å². The van der Waals surface area contributed by atoms with Gasteiger partial charge in [-0.15, -0.1) is 10.2 Å². The Hall–Kier alpha value is -1.91. The molecule has 0 spiro atoms. The minimum Gasteiger partial charge on any atom is -0.346 e. The molecule has 21 heavy (non-hydrogen) atoms. The van der Waals surface area contributed by atoms with Crippen molar-refractivity contribution >= 4 is 11.6 Å². The van der Waals surface area contributed by atoms with E-state index in [1.165, 1.54) is 25.7 Å². The van der Waals surface area contributed by atoms with Crippen molar-refractivity contribution in [1.82, 2.24) is 19.9 Å². The SMILES string of the molecule is C[C@H](NC(=O)CCC1CCCC1)c1nnc2ccccn12. The maximum Gasteiger partial charge on any atom is 0.220 e. The summed E-state index contributed by atoms with van der Waals surface area (Å²) in [4.78, 5) is 12.1. The van der Waals surface area contributed by atoms with Crippen molar-refractivity contribution in [2.24, 2.45) is 5.92 Å². The summed E-state index contributed by atoms with van der Waals surface area (Å²) in [6.45, 7) is 1.96. The van der Waals surface area contributed by atoms with Crippen LogP contribution in [0.3, 0.4) is 0 Å². The molecular formula is C16H22N4O. The zero-order valence-electron chi connectivity index (χ0n) is 12.5. The Balaban J connectivity index is 1.57. The Kier molecular flexibility index (Phi) is 4.18. The molecule has 1 fully saturated rings. The van der Waals surface area contributed by atoms with E-state index in [-0.39, 0.29) is 11.9 Å². The van der Waals surface area contributed by atoms with Crippen molar-refractivity contribution in [2.45, 2.75) is 51.5 Å². The lowest BCUT2D eigenvalue weighted by molar-refractivity contribution is -0.122. The van der Waals surface area contributed by atoms with Gasteiger partial charge in [0.2, 0.25) is 5.91 Å². The lowest BCUT2D eigenvalue weighted by Gasteiger charge is -2.13. The van der Waals surface area contributed by atoms with Gasteiger partial charge in [-0.1, -0.05) is 31.7 Å². The van der Waals surface area contributed by atoms with E-state index in [1.807, 2.05) is 35.7 Å². The number of aromatic nitrogens is 3. The molecule has 2 aromatic rings. The van der Waals surface area contributed by atoms with Crippen LogP contribution in [0.25, 0.3) is 5.65 Å². The summed E-state index contributed by atoms with van der Waals surface area (Å²) in [5.74, 6) is 1.64. The molecule has 0 unspecified atom stereocenters. The smallest absolute Gasteiger partial charge is 0.220 e. The van der Waals surface area contributed by atoms with Crippen molar-refractivity contribution in [2.75, 3.05) is 0 Å². The predicted octanol–water partition coefficient (Wildman–Crippen LogP) is 2.88. The topological polar surface area (TPSA) is 59.3 Å². The van der Waals surface area contributed by atoms with Gasteiger partial charge in [0.25, 0.3) is 0 Å². The van der Waals surface area contributed by atoms with Gasteiger partial charge in [0.15, 0.2) is 11.5 Å². The number of carbonyl (C=O) groups excluding carboxylic acids is 1. The van der Waals surface area contributed by atoms with Crippen molar-refractivity contribution in [1.29, 1.82) is 0 Å². The van der Waals surface area contributed by atoms with Crippen LogP contribution in [0.15, 0.2) is 24.4 Å². The monoisotopic (exact) mass is 286 g/mol. The molecule has 0 radical (unpaired) electrons. The van der Waals surface area contributed by atoms with Gasteiger partial charge in [0, 0.05) is 12.6 Å². The van der Waals surface area contributed by atoms with Crippen LogP contribution in [0.4, 0.5) is 0 Å². The van der Waals surface area contributed by atoms with Gasteiger partial charge in [-0.05, 0) is 31.4 Å². The molecule has 1 amide bonds. The average molecular weight is 286 g/mol. The second-order valence-electron chi connectivity index (χ2n) is 5.97. The third-order valence-corrected chi connectivity index (χ3v) is 4.36. The molecule has 1 saturated carbocycles. The number of nitrogens with one attached hydrogen (secondary N) is 1. The average Bonchev–Trinajstić information content (AvgIpc) is 3.14. The first-order chi connectivity index (χ1) is 10.2. The fourth-order valence-corrected chi connectivity index (χ4v) is 3.17. The van der Waals surface area contributed by atoms with Crippen LogP contribution in [0, 0.1) is 5.92 Å². The van der Waals surface area contributed by atoms with E-state index in [0.29, 0.717) is 6.42 Å². The predicted molar refractivity (Wildman–Crippen MR) is 80.7 cm³/mol. The number of nitrogens with zero attached hydrogens (tertiary/aromatic N) is 3. The van der Waals surface area contributed by atoms with E-state index in [0.717, 1.165) is 23.8 Å². The Bertz CT molecular complexity index is 616. The van der Waals surface area contributed by atoms with Gasteiger partial charge >= 0.3 is 0 Å². The van der Waals surface area contributed by atoms with E-state index in [9.17, 15) is 4.79 Å². The van der Waals surface area contributed by atoms with Gasteiger partial charge in [0.1, 0.15) is 0 Å². The molecular weight excluding hydrogens is 264 g/mol. The van der Waals surface area contributed by atoms with E-state index < -0.39 is 0 Å². The molecule has 1 aliphatic rings. The van der Waals surface area contributed by atoms with Crippen LogP contribution in [-0.4, -0.2) is 20.5 Å². The largest absolute Gasteiger partial charge is 0.346 e. The molecule has 0 saturated heterocycles. The summed E-state index contributed by atoms with van der Waals surface area (Å²) in [7, 11) is 0. The van der Waals surface area contributed by atoms with E-state index in [2.05, 4.69) is 15.5 Å². The van der Waals surface area contributed by atoms with Crippen LogP contribution in [0.2, 0.25) is 0 Å². The first-order valence-corrected chi connectivity index (χ1v) is 7.83. The van der Waals surface area contributed by atoms with Gasteiger partial charge < -0.3 is 5.32 Å². The number of rotatable bonds is 5. The number of hydrogen-bond donors (Lipinski definition) is 1. The maximum absolute atomic E-state index is 12.1. The molecule has 0 aliphatic heterocycles. The normalized spacial score (nSPS) is 17.2. The van der Waals surface area contributed by atoms with Crippen LogP contribution in [0.1, 0.15) is 57.3 Å². The van der Waals surface area contributed by atoms with Crippen LogP contribution in [0.5, 0.6) is 0 Å². The fourth-order valence-electron chi connectivity index (χ4n) is 3.17. The summed E-state index contributed by atoms with van der Waals surface area (Å²) in [5, 5.41) is 11.3. The van der Waals surface area contributed by atoms with E-state index in [4.69, 9.17) is 0 Å². The maximum atomic E-state index is 12.1. The highest BCUT2D eigenvalue weighted by atomic mass is 16.1. The minimum atomic E-state index is -0.126. The lowest BCUT2D eigenvalue weighted by Crippen LogP contribution is -2.28. The summed E-state index contributed by atoms with van der Waals surface area (Å²) in [6.07, 6.45) is 8.79. The third-order valence-electron chi connectivity index (χ3n) is 4.36. The first kappa shape index (κ1) is 14.0. The van der Waals surface area contributed by atoms with Crippen LogP contribution < -0.4 is 5.32 Å². The third kappa shape index (κ3) is 3.23. The van der Waals surface area contributed by atoms with Gasteiger partial charge in [0.05, 0.1) is 6.04 Å². The van der Waals surface area contributed by atoms with E-state index in [1.54, 1.807) is 0 Å². The quantitative estimate of drug-likeness (QED) is 0.919. The van der Waals surface area contributed by atoms with Crippen LogP contribution >= 0.6 is 0 Å². The standard InChI is InChI=1S/C16H22N4O/c1-12(16-19-18-14-8-4-5-11-20(14)16)17-15(21)10-9-13-6-2-3-7-13/h4-5,8,11-13H,2-3,6-7,9-10H2,1H3,(H,17,21)/t12-/m0/s1. The molecule has 5 heteroatoms. The van der Waals surface area contributed by atoms with Gasteiger partial charge in [-0.25, -0.2) is 0 Å². The van der Waals surface area contributed by atoms with Crippen molar-refractivity contribution in [3.05, 3.63) is 30.2 Å². The Morgan fingerprint density at radius 3 is 3.00 bits per heavy atom. The zero-order chi connectivity index (χ0) is 14.7. The number of carbonyl (C=O) groups is 1. The summed E-state index contributed by atoms with van der Waals surface area (Å²) in [6, 6.07) is 5.65. The summed E-state index contributed by atoms with van der Waals surface area (Å²) in [5.41, 5.74) is 0.805. The first-order valence-electron chi connectivity index (χ1n) is 7.83. The molecule has 2 aromatic heterocycles.